The van der Waals surface area contributed by atoms with Gasteiger partial charge < -0.3 is 14.5 Å². The molecule has 0 bridgehead atoms. The van der Waals surface area contributed by atoms with Crippen molar-refractivity contribution in [2.45, 2.75) is 25.7 Å². The minimum absolute atomic E-state index is 0.0190. The van der Waals surface area contributed by atoms with Crippen LogP contribution in [0.1, 0.15) is 25.0 Å². The van der Waals surface area contributed by atoms with Crippen LogP contribution in [-0.2, 0) is 16.0 Å². The number of carbonyl (C=O) groups excluding carboxylic acids is 2. The third-order valence-corrected chi connectivity index (χ3v) is 5.65. The third-order valence-electron chi connectivity index (χ3n) is 5.65. The van der Waals surface area contributed by atoms with Crippen LogP contribution in [0.25, 0.3) is 11.3 Å². The number of aromatic amines is 1. The maximum atomic E-state index is 12.7. The van der Waals surface area contributed by atoms with Gasteiger partial charge >= 0.3 is 0 Å². The molecule has 2 aromatic carbocycles. The number of aryl methyl sites for hydroxylation is 1. The molecule has 1 N–H and O–H groups in total. The predicted molar refractivity (Wildman–Crippen MR) is 124 cm³/mol. The molecular weight excluding hydrogens is 404 g/mol. The Morgan fingerprint density at radius 2 is 1.88 bits per heavy atom. The van der Waals surface area contributed by atoms with Gasteiger partial charge in [-0.05, 0) is 31.0 Å². The van der Waals surface area contributed by atoms with E-state index < -0.39 is 0 Å². The molecule has 3 aromatic rings. The summed E-state index contributed by atoms with van der Waals surface area (Å²) < 4.78 is 5.60. The summed E-state index contributed by atoms with van der Waals surface area (Å²) in [5.41, 5.74) is 3.83. The largest absolute Gasteiger partial charge is 0.490 e. The lowest BCUT2D eigenvalue weighted by Crippen LogP contribution is -2.38. The summed E-state index contributed by atoms with van der Waals surface area (Å²) in [5.74, 6) is 0.646. The number of amides is 2. The summed E-state index contributed by atoms with van der Waals surface area (Å²) in [4.78, 5) is 28.6. The number of rotatable bonds is 8. The lowest BCUT2D eigenvalue weighted by atomic mass is 10.1. The number of aromatic nitrogens is 2. The van der Waals surface area contributed by atoms with Crippen LogP contribution in [0.2, 0.25) is 0 Å². The number of fused-ring (bicyclic) bond motifs is 1. The number of carbonyl (C=O) groups is 2. The zero-order chi connectivity index (χ0) is 22.3. The van der Waals surface area contributed by atoms with Gasteiger partial charge in [0.25, 0.3) is 0 Å². The molecule has 4 rings (SSSR count). The lowest BCUT2D eigenvalue weighted by Gasteiger charge is -2.29. The van der Waals surface area contributed by atoms with Crippen molar-refractivity contribution in [3.05, 3.63) is 66.4 Å². The average Bonchev–Trinajstić information content (AvgIpc) is 3.31. The molecule has 2 amide bonds. The molecule has 32 heavy (non-hydrogen) atoms. The van der Waals surface area contributed by atoms with Gasteiger partial charge in [-0.25, -0.2) is 0 Å². The number of anilines is 1. The van der Waals surface area contributed by atoms with Crippen LogP contribution in [-0.4, -0.2) is 53.7 Å². The fourth-order valence-electron chi connectivity index (χ4n) is 3.85. The summed E-state index contributed by atoms with van der Waals surface area (Å²) in [7, 11) is 1.79. The van der Waals surface area contributed by atoms with Crippen molar-refractivity contribution in [2.24, 2.45) is 0 Å². The minimum Gasteiger partial charge on any atom is -0.490 e. The van der Waals surface area contributed by atoms with Gasteiger partial charge in [-0.3, -0.25) is 14.7 Å². The number of H-pyrrole nitrogens is 1. The molecule has 1 aliphatic heterocycles. The Kier molecular flexibility index (Phi) is 6.84. The van der Waals surface area contributed by atoms with E-state index in [1.807, 2.05) is 54.6 Å². The van der Waals surface area contributed by atoms with Crippen molar-refractivity contribution in [3.63, 3.8) is 0 Å². The average molecular weight is 433 g/mol. The summed E-state index contributed by atoms with van der Waals surface area (Å²) in [6, 6.07) is 19.6. The van der Waals surface area contributed by atoms with E-state index in [1.54, 1.807) is 16.8 Å². The molecule has 0 unspecified atom stereocenters. The zero-order valence-electron chi connectivity index (χ0n) is 18.3. The second kappa shape index (κ2) is 10.1. The molecule has 7 nitrogen and oxygen atoms in total. The first kappa shape index (κ1) is 21.6. The van der Waals surface area contributed by atoms with Crippen LogP contribution in [0.3, 0.4) is 0 Å². The Bertz CT molecular complexity index is 1060. The minimum atomic E-state index is -0.0478. The van der Waals surface area contributed by atoms with Crippen LogP contribution < -0.4 is 9.64 Å². The van der Waals surface area contributed by atoms with E-state index in [0.717, 1.165) is 35.5 Å². The van der Waals surface area contributed by atoms with Crippen LogP contribution in [0.15, 0.2) is 60.7 Å². The van der Waals surface area contributed by atoms with E-state index in [4.69, 9.17) is 4.74 Å². The highest BCUT2D eigenvalue weighted by atomic mass is 16.5. The molecule has 0 fully saturated rings. The van der Waals surface area contributed by atoms with Crippen molar-refractivity contribution < 1.29 is 14.3 Å². The Balaban J connectivity index is 1.21. The summed E-state index contributed by atoms with van der Waals surface area (Å²) >= 11 is 0. The number of nitrogens with zero attached hydrogens (tertiary/aromatic N) is 3. The van der Waals surface area contributed by atoms with Gasteiger partial charge in [-0.15, -0.1) is 0 Å². The maximum absolute atomic E-state index is 12.7. The molecule has 7 heteroatoms. The standard InChI is InChI=1S/C25H28N4O3/c1-28(15-7-10-20-18-21(27-26-20)19-8-3-2-4-9-19)24(30)13-14-25(31)29-16-17-32-23-12-6-5-11-22(23)29/h2-6,8-9,11-12,18H,7,10,13-17H2,1H3,(H,26,27). The summed E-state index contributed by atoms with van der Waals surface area (Å²) in [5, 5.41) is 7.45. The van der Waals surface area contributed by atoms with Gasteiger partial charge in [0, 0.05) is 37.7 Å². The zero-order valence-corrected chi connectivity index (χ0v) is 18.3. The van der Waals surface area contributed by atoms with E-state index in [1.165, 1.54) is 0 Å². The van der Waals surface area contributed by atoms with Crippen molar-refractivity contribution in [2.75, 3.05) is 31.6 Å². The quantitative estimate of drug-likeness (QED) is 0.589. The fraction of sp³-hybridized carbons (Fsp3) is 0.320. The topological polar surface area (TPSA) is 78.5 Å². The number of ether oxygens (including phenoxy) is 1. The number of hydrogen-bond acceptors (Lipinski definition) is 4. The smallest absolute Gasteiger partial charge is 0.227 e. The van der Waals surface area contributed by atoms with E-state index in [-0.39, 0.29) is 24.7 Å². The second-order valence-electron chi connectivity index (χ2n) is 7.92. The number of para-hydroxylation sites is 2. The van der Waals surface area contributed by atoms with Gasteiger partial charge in [0.05, 0.1) is 17.9 Å². The first-order valence-corrected chi connectivity index (χ1v) is 11.0. The highest BCUT2D eigenvalue weighted by Gasteiger charge is 2.24. The molecule has 0 spiro atoms. The molecule has 166 valence electrons. The summed E-state index contributed by atoms with van der Waals surface area (Å²) in [6.45, 7) is 1.61. The number of hydrogen-bond donors (Lipinski definition) is 1. The van der Waals surface area contributed by atoms with E-state index >= 15 is 0 Å². The van der Waals surface area contributed by atoms with Crippen molar-refractivity contribution in [1.82, 2.24) is 15.1 Å². The maximum Gasteiger partial charge on any atom is 0.227 e. The molecule has 1 aromatic heterocycles. The Hall–Kier alpha value is -3.61. The van der Waals surface area contributed by atoms with Gasteiger partial charge in [0.1, 0.15) is 12.4 Å². The third kappa shape index (κ3) is 5.17. The van der Waals surface area contributed by atoms with Gasteiger partial charge in [-0.1, -0.05) is 42.5 Å². The monoisotopic (exact) mass is 432 g/mol. The molecule has 0 saturated heterocycles. The van der Waals surface area contributed by atoms with Gasteiger partial charge in [0.2, 0.25) is 11.8 Å². The normalized spacial score (nSPS) is 12.7. The molecule has 0 atom stereocenters. The van der Waals surface area contributed by atoms with Gasteiger partial charge in [-0.2, -0.15) is 5.10 Å². The highest BCUT2D eigenvalue weighted by molar-refractivity contribution is 5.97. The Morgan fingerprint density at radius 1 is 1.09 bits per heavy atom. The SMILES string of the molecule is CN(CCCc1cc(-c2ccccc2)n[nH]1)C(=O)CCC(=O)N1CCOc2ccccc21. The van der Waals surface area contributed by atoms with E-state index in [0.29, 0.717) is 25.4 Å². The molecule has 0 aliphatic carbocycles. The molecule has 1 aliphatic rings. The Labute approximate surface area is 188 Å². The molecule has 0 radical (unpaired) electrons. The first-order valence-electron chi connectivity index (χ1n) is 11.0. The van der Waals surface area contributed by atoms with Crippen LogP contribution in [0.5, 0.6) is 5.75 Å². The number of benzene rings is 2. The molecule has 0 saturated carbocycles. The van der Waals surface area contributed by atoms with E-state index in [9.17, 15) is 9.59 Å². The fourth-order valence-corrected chi connectivity index (χ4v) is 3.85. The van der Waals surface area contributed by atoms with E-state index in [2.05, 4.69) is 16.3 Å². The van der Waals surface area contributed by atoms with Crippen molar-refractivity contribution in [1.29, 1.82) is 0 Å². The van der Waals surface area contributed by atoms with Crippen LogP contribution in [0, 0.1) is 0 Å². The highest BCUT2D eigenvalue weighted by Crippen LogP contribution is 2.31. The van der Waals surface area contributed by atoms with Crippen molar-refractivity contribution >= 4 is 17.5 Å². The lowest BCUT2D eigenvalue weighted by molar-refractivity contribution is -0.132. The molecule has 2 heterocycles. The summed E-state index contributed by atoms with van der Waals surface area (Å²) in [6.07, 6.45) is 2.03. The number of nitrogens with one attached hydrogen (secondary N) is 1. The van der Waals surface area contributed by atoms with Crippen LogP contribution >= 0.6 is 0 Å². The predicted octanol–water partition coefficient (Wildman–Crippen LogP) is 3.67. The van der Waals surface area contributed by atoms with Gasteiger partial charge in [0.15, 0.2) is 0 Å². The van der Waals surface area contributed by atoms with Crippen LogP contribution in [0.4, 0.5) is 5.69 Å². The Morgan fingerprint density at radius 3 is 2.72 bits per heavy atom. The molecular formula is C25H28N4O3. The first-order chi connectivity index (χ1) is 15.6. The van der Waals surface area contributed by atoms with Crippen molar-refractivity contribution in [3.8, 4) is 17.0 Å². The second-order valence-corrected chi connectivity index (χ2v) is 7.92.